The third kappa shape index (κ3) is 5.32. The summed E-state index contributed by atoms with van der Waals surface area (Å²) in [6, 6.07) is 0. The number of likely N-dealkylation sites (N-methyl/N-ethyl adjacent to an activating group) is 1. The first-order chi connectivity index (χ1) is 13.2. The van der Waals surface area contributed by atoms with Gasteiger partial charge in [0.15, 0.2) is 0 Å². The molecule has 3 amide bonds. The van der Waals surface area contributed by atoms with Crippen LogP contribution in [0.4, 0.5) is 0 Å². The summed E-state index contributed by atoms with van der Waals surface area (Å²) in [6.45, 7) is 10.7. The smallest absolute Gasteiger partial charge is 0.254 e. The first kappa shape index (κ1) is 22.4. The molecule has 0 aliphatic carbocycles. The Morgan fingerprint density at radius 2 is 1.96 bits per heavy atom. The van der Waals surface area contributed by atoms with Gasteiger partial charge in [-0.15, -0.1) is 0 Å². The number of rotatable bonds is 7. The summed E-state index contributed by atoms with van der Waals surface area (Å²) in [4.78, 5) is 41.2. The Kier molecular flexibility index (Phi) is 7.60. The van der Waals surface area contributed by atoms with Crippen LogP contribution in [0.2, 0.25) is 0 Å². The van der Waals surface area contributed by atoms with Gasteiger partial charge in [0.05, 0.1) is 30.6 Å². The molecular formula is C19H30ClN5O3. The predicted octanol–water partition coefficient (Wildman–Crippen LogP) is 1.02. The molecule has 28 heavy (non-hydrogen) atoms. The molecular weight excluding hydrogens is 382 g/mol. The fourth-order valence-corrected chi connectivity index (χ4v) is 3.23. The third-order valence-corrected chi connectivity index (χ3v) is 5.28. The Morgan fingerprint density at radius 3 is 2.54 bits per heavy atom. The summed E-state index contributed by atoms with van der Waals surface area (Å²) < 4.78 is 0. The van der Waals surface area contributed by atoms with E-state index in [2.05, 4.69) is 10.4 Å². The van der Waals surface area contributed by atoms with E-state index in [1.165, 1.54) is 9.91 Å². The highest BCUT2D eigenvalue weighted by Gasteiger charge is 2.43. The van der Waals surface area contributed by atoms with Crippen molar-refractivity contribution in [2.75, 3.05) is 45.8 Å². The quantitative estimate of drug-likeness (QED) is 0.677. The zero-order chi connectivity index (χ0) is 20.9. The second kappa shape index (κ2) is 9.52. The molecule has 0 unspecified atom stereocenters. The van der Waals surface area contributed by atoms with E-state index in [4.69, 9.17) is 11.6 Å². The number of hydrogen-bond acceptors (Lipinski definition) is 5. The van der Waals surface area contributed by atoms with Crippen LogP contribution in [0.25, 0.3) is 0 Å². The van der Waals surface area contributed by atoms with Crippen LogP contribution in [0, 0.1) is 5.41 Å². The zero-order valence-corrected chi connectivity index (χ0v) is 17.9. The summed E-state index contributed by atoms with van der Waals surface area (Å²) in [6.07, 6.45) is 1.72. The highest BCUT2D eigenvalue weighted by molar-refractivity contribution is 6.29. The van der Waals surface area contributed by atoms with E-state index in [1.807, 2.05) is 6.92 Å². The average molecular weight is 412 g/mol. The number of amides is 3. The maximum absolute atomic E-state index is 12.8. The molecule has 9 heteroatoms. The molecule has 2 aliphatic rings. The lowest BCUT2D eigenvalue weighted by Gasteiger charge is -2.30. The van der Waals surface area contributed by atoms with Crippen LogP contribution in [-0.2, 0) is 14.4 Å². The number of halogens is 1. The van der Waals surface area contributed by atoms with Gasteiger partial charge >= 0.3 is 0 Å². The Balaban J connectivity index is 2.03. The molecule has 0 aromatic heterocycles. The van der Waals surface area contributed by atoms with Gasteiger partial charge in [-0.25, -0.2) is 5.01 Å². The Hall–Kier alpha value is -1.93. The lowest BCUT2D eigenvalue weighted by atomic mass is 9.85. The van der Waals surface area contributed by atoms with Gasteiger partial charge in [-0.2, -0.15) is 5.10 Å². The van der Waals surface area contributed by atoms with E-state index in [9.17, 15) is 14.4 Å². The lowest BCUT2D eigenvalue weighted by molar-refractivity contribution is -0.140. The number of hydrogen-bond donors (Lipinski definition) is 1. The van der Waals surface area contributed by atoms with Gasteiger partial charge in [-0.05, 0) is 33.8 Å². The van der Waals surface area contributed by atoms with Crippen LogP contribution in [0.1, 0.15) is 34.1 Å². The van der Waals surface area contributed by atoms with Crippen LogP contribution in [-0.4, -0.2) is 84.1 Å². The number of carbonyl (C=O) groups is 3. The molecule has 0 radical (unpaired) electrons. The molecule has 1 N–H and O–H groups in total. The van der Waals surface area contributed by atoms with Crippen LogP contribution in [0.5, 0.6) is 0 Å². The monoisotopic (exact) mass is 411 g/mol. The molecule has 1 saturated heterocycles. The Morgan fingerprint density at radius 1 is 1.32 bits per heavy atom. The predicted molar refractivity (Wildman–Crippen MR) is 109 cm³/mol. The standard InChI is InChI=1S/C19H30ClN5O3/c1-5-23(13-17(27)24-10-7-21-8-11-24)16(26)12-15-19(3,4)18(28)25(22-15)9-6-14(2)20/h6,21H,5,7-13H2,1-4H3. The highest BCUT2D eigenvalue weighted by Crippen LogP contribution is 2.30. The molecule has 8 nitrogen and oxygen atoms in total. The molecule has 2 heterocycles. The first-order valence-electron chi connectivity index (χ1n) is 9.65. The molecule has 156 valence electrons. The van der Waals surface area contributed by atoms with Crippen molar-refractivity contribution in [1.29, 1.82) is 0 Å². The second-order valence-electron chi connectivity index (χ2n) is 7.57. The van der Waals surface area contributed by atoms with E-state index < -0.39 is 5.41 Å². The number of nitrogens with one attached hydrogen (secondary N) is 1. The van der Waals surface area contributed by atoms with E-state index in [-0.39, 0.29) is 37.2 Å². The average Bonchev–Trinajstić information content (AvgIpc) is 2.88. The second-order valence-corrected chi connectivity index (χ2v) is 8.16. The largest absolute Gasteiger partial charge is 0.339 e. The molecule has 0 aromatic rings. The minimum absolute atomic E-state index is 0.0154. The van der Waals surface area contributed by atoms with Crippen molar-refractivity contribution in [3.63, 3.8) is 0 Å². The topological polar surface area (TPSA) is 85.3 Å². The Labute approximate surface area is 171 Å². The van der Waals surface area contributed by atoms with Crippen molar-refractivity contribution in [2.24, 2.45) is 10.5 Å². The van der Waals surface area contributed by atoms with E-state index in [0.29, 0.717) is 30.4 Å². The molecule has 1 fully saturated rings. The highest BCUT2D eigenvalue weighted by atomic mass is 35.5. The van der Waals surface area contributed by atoms with E-state index in [0.717, 1.165) is 13.1 Å². The van der Waals surface area contributed by atoms with Crippen molar-refractivity contribution < 1.29 is 14.4 Å². The third-order valence-electron chi connectivity index (χ3n) is 5.13. The van der Waals surface area contributed by atoms with Gasteiger partial charge in [-0.1, -0.05) is 11.6 Å². The molecule has 0 aromatic carbocycles. The number of hydrazone groups is 1. The van der Waals surface area contributed by atoms with Gasteiger partial charge in [0, 0.05) is 37.8 Å². The van der Waals surface area contributed by atoms with Crippen molar-refractivity contribution in [3.8, 4) is 0 Å². The van der Waals surface area contributed by atoms with Crippen LogP contribution < -0.4 is 5.32 Å². The van der Waals surface area contributed by atoms with Crippen molar-refractivity contribution >= 4 is 35.0 Å². The van der Waals surface area contributed by atoms with Crippen LogP contribution in [0.15, 0.2) is 16.2 Å². The van der Waals surface area contributed by atoms with E-state index >= 15 is 0 Å². The number of allylic oxidation sites excluding steroid dienone is 1. The molecule has 0 spiro atoms. The van der Waals surface area contributed by atoms with Crippen LogP contribution >= 0.6 is 11.6 Å². The summed E-state index contributed by atoms with van der Waals surface area (Å²) in [7, 11) is 0. The summed E-state index contributed by atoms with van der Waals surface area (Å²) in [5, 5.41) is 9.49. The minimum Gasteiger partial charge on any atom is -0.339 e. The molecule has 0 bridgehead atoms. The molecule has 0 saturated carbocycles. The van der Waals surface area contributed by atoms with Crippen molar-refractivity contribution in [2.45, 2.75) is 34.1 Å². The normalized spacial score (nSPS) is 19.7. The number of nitrogens with zero attached hydrogens (tertiary/aromatic N) is 4. The van der Waals surface area contributed by atoms with Gasteiger partial charge in [0.25, 0.3) is 5.91 Å². The maximum Gasteiger partial charge on any atom is 0.254 e. The number of piperazine rings is 1. The van der Waals surface area contributed by atoms with E-state index in [1.54, 1.807) is 31.7 Å². The molecule has 2 rings (SSSR count). The van der Waals surface area contributed by atoms with Crippen molar-refractivity contribution in [3.05, 3.63) is 11.1 Å². The fourth-order valence-electron chi connectivity index (χ4n) is 3.16. The minimum atomic E-state index is -0.855. The SMILES string of the molecule is CCN(CC(=O)N1CCNCC1)C(=O)CC1=NN(CC=C(C)Cl)C(=O)C1(C)C. The van der Waals surface area contributed by atoms with Crippen molar-refractivity contribution in [1.82, 2.24) is 20.1 Å². The Bertz CT molecular complexity index is 679. The summed E-state index contributed by atoms with van der Waals surface area (Å²) in [5.74, 6) is -0.411. The van der Waals surface area contributed by atoms with Gasteiger partial charge in [0.1, 0.15) is 0 Å². The number of carbonyl (C=O) groups excluding carboxylic acids is 3. The van der Waals surface area contributed by atoms with Gasteiger partial charge < -0.3 is 15.1 Å². The first-order valence-corrected chi connectivity index (χ1v) is 10.0. The van der Waals surface area contributed by atoms with Gasteiger partial charge in [-0.3, -0.25) is 14.4 Å². The van der Waals surface area contributed by atoms with Crippen LogP contribution in [0.3, 0.4) is 0 Å². The summed E-state index contributed by atoms with van der Waals surface area (Å²) in [5.41, 5.74) is -0.345. The van der Waals surface area contributed by atoms with Gasteiger partial charge in [0.2, 0.25) is 11.8 Å². The zero-order valence-electron chi connectivity index (χ0n) is 17.1. The molecule has 2 aliphatic heterocycles. The molecule has 0 atom stereocenters. The maximum atomic E-state index is 12.8. The lowest BCUT2D eigenvalue weighted by Crippen LogP contribution is -2.50. The summed E-state index contributed by atoms with van der Waals surface area (Å²) >= 11 is 5.84. The fraction of sp³-hybridized carbons (Fsp3) is 0.684.